The second-order valence-electron chi connectivity index (χ2n) is 4.64. The zero-order valence-corrected chi connectivity index (χ0v) is 11.9. The van der Waals surface area contributed by atoms with Crippen LogP contribution in [0.3, 0.4) is 0 Å². The molecule has 2 aromatic heterocycles. The van der Waals surface area contributed by atoms with Crippen LogP contribution in [0.1, 0.15) is 44.6 Å². The second kappa shape index (κ2) is 6.47. The summed E-state index contributed by atoms with van der Waals surface area (Å²) in [5.74, 6) is 0.936. The lowest BCUT2D eigenvalue weighted by Gasteiger charge is -2.10. The molecule has 0 aliphatic rings. The molecule has 0 bridgehead atoms. The van der Waals surface area contributed by atoms with Gasteiger partial charge < -0.3 is 5.32 Å². The Morgan fingerprint density at radius 3 is 2.89 bits per heavy atom. The van der Waals surface area contributed by atoms with Gasteiger partial charge in [-0.1, -0.05) is 6.92 Å². The molecule has 2 heterocycles. The lowest BCUT2D eigenvalue weighted by Crippen LogP contribution is -2.18. The Bertz CT molecular complexity index is 501. The molecular formula is C13H22N6. The van der Waals surface area contributed by atoms with E-state index in [2.05, 4.69) is 47.5 Å². The molecule has 0 spiro atoms. The third-order valence-corrected chi connectivity index (χ3v) is 3.15. The van der Waals surface area contributed by atoms with Gasteiger partial charge in [-0.15, -0.1) is 0 Å². The third kappa shape index (κ3) is 3.41. The van der Waals surface area contributed by atoms with E-state index in [-0.39, 0.29) is 0 Å². The monoisotopic (exact) mass is 262 g/mol. The van der Waals surface area contributed by atoms with Crippen molar-refractivity contribution in [2.75, 3.05) is 6.54 Å². The van der Waals surface area contributed by atoms with Crippen molar-refractivity contribution >= 4 is 0 Å². The van der Waals surface area contributed by atoms with Crippen molar-refractivity contribution < 1.29 is 0 Å². The number of aryl methyl sites for hydroxylation is 1. The third-order valence-electron chi connectivity index (χ3n) is 3.15. The van der Waals surface area contributed by atoms with Gasteiger partial charge in [-0.2, -0.15) is 10.2 Å². The topological polar surface area (TPSA) is 60.6 Å². The summed E-state index contributed by atoms with van der Waals surface area (Å²) < 4.78 is 3.80. The van der Waals surface area contributed by atoms with E-state index in [0.29, 0.717) is 12.6 Å². The number of hydrogen-bond acceptors (Lipinski definition) is 4. The first-order valence-electron chi connectivity index (χ1n) is 6.87. The smallest absolute Gasteiger partial charge is 0.148 e. The van der Waals surface area contributed by atoms with E-state index < -0.39 is 0 Å². The Balaban J connectivity index is 2.01. The molecule has 1 unspecified atom stereocenters. The number of nitrogens with zero attached hydrogens (tertiary/aromatic N) is 5. The standard InChI is InChI=1S/C13H22N6/c1-4-6-14-11(3)12-7-16-18(8-12)9-13-15-10-17-19(13)5-2/h7-8,10-11,14H,4-6,9H2,1-3H3. The maximum Gasteiger partial charge on any atom is 0.148 e. The van der Waals surface area contributed by atoms with Crippen molar-refractivity contribution in [1.29, 1.82) is 0 Å². The molecule has 6 heteroatoms. The Morgan fingerprint density at radius 2 is 2.16 bits per heavy atom. The van der Waals surface area contributed by atoms with Gasteiger partial charge in [0.25, 0.3) is 0 Å². The molecule has 1 N–H and O–H groups in total. The van der Waals surface area contributed by atoms with Crippen molar-refractivity contribution in [3.63, 3.8) is 0 Å². The van der Waals surface area contributed by atoms with Gasteiger partial charge in [0.15, 0.2) is 0 Å². The van der Waals surface area contributed by atoms with Crippen LogP contribution in [-0.4, -0.2) is 31.1 Å². The van der Waals surface area contributed by atoms with Gasteiger partial charge in [0.1, 0.15) is 18.7 Å². The summed E-state index contributed by atoms with van der Waals surface area (Å²) >= 11 is 0. The normalized spacial score (nSPS) is 12.8. The fourth-order valence-electron chi connectivity index (χ4n) is 1.99. The number of hydrogen-bond donors (Lipinski definition) is 1. The molecule has 2 rings (SSSR count). The first-order valence-corrected chi connectivity index (χ1v) is 6.87. The molecule has 0 aliphatic carbocycles. The van der Waals surface area contributed by atoms with Crippen molar-refractivity contribution in [3.05, 3.63) is 30.1 Å². The van der Waals surface area contributed by atoms with Crippen LogP contribution in [0.5, 0.6) is 0 Å². The van der Waals surface area contributed by atoms with E-state index >= 15 is 0 Å². The highest BCUT2D eigenvalue weighted by Crippen LogP contribution is 2.11. The summed E-state index contributed by atoms with van der Waals surface area (Å²) in [4.78, 5) is 4.26. The van der Waals surface area contributed by atoms with Crippen LogP contribution in [0.15, 0.2) is 18.7 Å². The van der Waals surface area contributed by atoms with Crippen molar-refractivity contribution in [2.45, 2.75) is 46.3 Å². The van der Waals surface area contributed by atoms with Gasteiger partial charge in [0.05, 0.1) is 6.20 Å². The first-order chi connectivity index (χ1) is 9.24. The van der Waals surface area contributed by atoms with E-state index in [0.717, 1.165) is 25.3 Å². The molecule has 0 aromatic carbocycles. The van der Waals surface area contributed by atoms with Gasteiger partial charge in [0.2, 0.25) is 0 Å². The van der Waals surface area contributed by atoms with E-state index in [4.69, 9.17) is 0 Å². The van der Waals surface area contributed by atoms with E-state index in [1.165, 1.54) is 5.56 Å². The average Bonchev–Trinajstić information content (AvgIpc) is 3.05. The fraction of sp³-hybridized carbons (Fsp3) is 0.615. The maximum absolute atomic E-state index is 4.39. The number of aromatic nitrogens is 5. The van der Waals surface area contributed by atoms with Crippen LogP contribution in [-0.2, 0) is 13.1 Å². The molecule has 0 saturated carbocycles. The summed E-state index contributed by atoms with van der Waals surface area (Å²) in [5.41, 5.74) is 1.20. The van der Waals surface area contributed by atoms with Crippen molar-refractivity contribution in [3.8, 4) is 0 Å². The van der Waals surface area contributed by atoms with Crippen LogP contribution in [0.25, 0.3) is 0 Å². The molecule has 0 aliphatic heterocycles. The van der Waals surface area contributed by atoms with Gasteiger partial charge in [0, 0.05) is 24.3 Å². The largest absolute Gasteiger partial charge is 0.310 e. The Morgan fingerprint density at radius 1 is 1.32 bits per heavy atom. The molecule has 2 aromatic rings. The minimum Gasteiger partial charge on any atom is -0.310 e. The lowest BCUT2D eigenvalue weighted by molar-refractivity contribution is 0.560. The zero-order valence-electron chi connectivity index (χ0n) is 11.9. The Labute approximate surface area is 113 Å². The summed E-state index contributed by atoms with van der Waals surface area (Å²) in [7, 11) is 0. The Kier molecular flexibility index (Phi) is 4.68. The minimum atomic E-state index is 0.331. The lowest BCUT2D eigenvalue weighted by atomic mass is 10.2. The van der Waals surface area contributed by atoms with Crippen LogP contribution >= 0.6 is 0 Å². The van der Waals surface area contributed by atoms with Crippen LogP contribution < -0.4 is 5.32 Å². The highest BCUT2D eigenvalue weighted by Gasteiger charge is 2.09. The Hall–Kier alpha value is -1.69. The number of nitrogens with one attached hydrogen (secondary N) is 1. The molecule has 1 atom stereocenters. The van der Waals surface area contributed by atoms with E-state index in [1.54, 1.807) is 6.33 Å². The summed E-state index contributed by atoms with van der Waals surface area (Å²) in [6.45, 7) is 8.90. The van der Waals surface area contributed by atoms with Gasteiger partial charge in [-0.3, -0.25) is 4.68 Å². The molecule has 6 nitrogen and oxygen atoms in total. The highest BCUT2D eigenvalue weighted by molar-refractivity contribution is 5.09. The minimum absolute atomic E-state index is 0.331. The fourth-order valence-corrected chi connectivity index (χ4v) is 1.99. The zero-order chi connectivity index (χ0) is 13.7. The van der Waals surface area contributed by atoms with E-state index in [9.17, 15) is 0 Å². The summed E-state index contributed by atoms with van der Waals surface area (Å²) in [5, 5.41) is 12.0. The average molecular weight is 262 g/mol. The molecule has 0 fully saturated rings. The quantitative estimate of drug-likeness (QED) is 0.823. The SMILES string of the molecule is CCCNC(C)c1cnn(Cc2ncnn2CC)c1. The molecular weight excluding hydrogens is 240 g/mol. The molecule has 0 amide bonds. The van der Waals surface area contributed by atoms with Crippen molar-refractivity contribution in [2.24, 2.45) is 0 Å². The summed E-state index contributed by atoms with van der Waals surface area (Å²) in [6, 6.07) is 0.331. The second-order valence-corrected chi connectivity index (χ2v) is 4.64. The molecule has 0 saturated heterocycles. The van der Waals surface area contributed by atoms with Crippen molar-refractivity contribution in [1.82, 2.24) is 29.9 Å². The molecule has 104 valence electrons. The summed E-state index contributed by atoms with van der Waals surface area (Å²) in [6.07, 6.45) is 6.72. The molecule has 19 heavy (non-hydrogen) atoms. The molecule has 0 radical (unpaired) electrons. The van der Waals surface area contributed by atoms with Gasteiger partial charge in [-0.25, -0.2) is 9.67 Å². The predicted octanol–water partition coefficient (Wildman–Crippen LogP) is 1.60. The maximum atomic E-state index is 4.39. The van der Waals surface area contributed by atoms with Gasteiger partial charge in [-0.05, 0) is 26.8 Å². The van der Waals surface area contributed by atoms with Gasteiger partial charge >= 0.3 is 0 Å². The first kappa shape index (κ1) is 13.7. The van der Waals surface area contributed by atoms with Crippen LogP contribution in [0.4, 0.5) is 0 Å². The highest BCUT2D eigenvalue weighted by atomic mass is 15.4. The van der Waals surface area contributed by atoms with E-state index in [1.807, 2.05) is 15.6 Å². The van der Waals surface area contributed by atoms with Crippen LogP contribution in [0, 0.1) is 0 Å². The number of rotatable bonds is 7. The predicted molar refractivity (Wildman–Crippen MR) is 73.7 cm³/mol. The van der Waals surface area contributed by atoms with Crippen LogP contribution in [0.2, 0.25) is 0 Å².